The number of aryl methyl sites for hydroxylation is 1. The largest absolute Gasteiger partial charge is 0.394 e. The Kier molecular flexibility index (Phi) is 7.31. The molecule has 3 atom stereocenters. The Labute approximate surface area is 185 Å². The lowest BCUT2D eigenvalue weighted by Gasteiger charge is -2.36. The Morgan fingerprint density at radius 1 is 1.22 bits per heavy atom. The van der Waals surface area contributed by atoms with Crippen LogP contribution in [0.1, 0.15) is 56.6 Å². The minimum atomic E-state index is -0.732. The first-order chi connectivity index (χ1) is 15.5. The summed E-state index contributed by atoms with van der Waals surface area (Å²) in [4.78, 5) is 12.2. The van der Waals surface area contributed by atoms with E-state index in [1.54, 1.807) is 0 Å². The Hall–Kier alpha value is -2.59. The van der Waals surface area contributed by atoms with Crippen LogP contribution < -0.4 is 10.6 Å². The zero-order valence-corrected chi connectivity index (χ0v) is 17.8. The number of carbonyl (C=O) groups is 1. The van der Waals surface area contributed by atoms with E-state index in [2.05, 4.69) is 20.9 Å². The topological polar surface area (TPSA) is 101 Å². The van der Waals surface area contributed by atoms with Crippen LogP contribution in [0.3, 0.4) is 0 Å². The molecule has 0 bridgehead atoms. The van der Waals surface area contributed by atoms with Crippen molar-refractivity contribution in [1.29, 1.82) is 0 Å². The van der Waals surface area contributed by atoms with Crippen molar-refractivity contribution in [2.24, 2.45) is 0 Å². The molecule has 32 heavy (non-hydrogen) atoms. The predicted molar refractivity (Wildman–Crippen MR) is 113 cm³/mol. The minimum absolute atomic E-state index is 0.0759. The zero-order chi connectivity index (χ0) is 22.5. The van der Waals surface area contributed by atoms with Crippen molar-refractivity contribution < 1.29 is 23.4 Å². The molecule has 1 saturated carbocycles. The van der Waals surface area contributed by atoms with Gasteiger partial charge in [0, 0.05) is 24.7 Å². The average molecular weight is 450 g/mol. The second kappa shape index (κ2) is 10.4. The van der Waals surface area contributed by atoms with Gasteiger partial charge < -0.3 is 20.5 Å². The summed E-state index contributed by atoms with van der Waals surface area (Å²) >= 11 is 0. The second-order valence-corrected chi connectivity index (χ2v) is 8.56. The number of ether oxygens (including phenoxy) is 1. The van der Waals surface area contributed by atoms with Crippen LogP contribution in [0.4, 0.5) is 19.3 Å². The molecule has 2 aromatic rings. The molecule has 8 nitrogen and oxygen atoms in total. The van der Waals surface area contributed by atoms with E-state index in [9.17, 15) is 18.7 Å². The van der Waals surface area contributed by atoms with Gasteiger partial charge in [0.05, 0.1) is 30.1 Å². The molecule has 1 aromatic heterocycles. The number of nitrogens with one attached hydrogen (secondary N) is 2. The summed E-state index contributed by atoms with van der Waals surface area (Å²) in [5, 5.41) is 23.3. The summed E-state index contributed by atoms with van der Waals surface area (Å²) in [7, 11) is 0. The molecule has 174 valence electrons. The monoisotopic (exact) mass is 449 g/mol. The molecule has 2 amide bonds. The summed E-state index contributed by atoms with van der Waals surface area (Å²) in [5.74, 6) is -0.863. The van der Waals surface area contributed by atoms with Gasteiger partial charge in [-0.15, -0.1) is 5.10 Å². The number of carbonyl (C=O) groups excluding carboxylic acids is 1. The van der Waals surface area contributed by atoms with Crippen LogP contribution in [-0.2, 0) is 11.3 Å². The SMILES string of the molecule is O=C(Nc1cc(F)ccc1F)N[C@H]1CC[C@H](CCn2cc(C3CCCC3)nn2)O[C@@H]1CO. The van der Waals surface area contributed by atoms with Crippen molar-refractivity contribution in [3.05, 3.63) is 41.7 Å². The van der Waals surface area contributed by atoms with Crippen LogP contribution in [0.2, 0.25) is 0 Å². The number of rotatable bonds is 7. The van der Waals surface area contributed by atoms with Crippen molar-refractivity contribution in [1.82, 2.24) is 20.3 Å². The van der Waals surface area contributed by atoms with Gasteiger partial charge in [0.1, 0.15) is 17.7 Å². The highest BCUT2D eigenvalue weighted by molar-refractivity contribution is 5.89. The summed E-state index contributed by atoms with van der Waals surface area (Å²) in [6, 6.07) is 1.72. The lowest BCUT2D eigenvalue weighted by molar-refractivity contribution is -0.0905. The van der Waals surface area contributed by atoms with Crippen LogP contribution >= 0.6 is 0 Å². The van der Waals surface area contributed by atoms with Crippen molar-refractivity contribution >= 4 is 11.7 Å². The molecule has 4 rings (SSSR count). The zero-order valence-electron chi connectivity index (χ0n) is 17.8. The number of nitrogens with zero attached hydrogens (tertiary/aromatic N) is 3. The fraction of sp³-hybridized carbons (Fsp3) is 0.591. The quantitative estimate of drug-likeness (QED) is 0.602. The van der Waals surface area contributed by atoms with Gasteiger partial charge in [-0.1, -0.05) is 18.1 Å². The third kappa shape index (κ3) is 5.60. The number of anilines is 1. The fourth-order valence-electron chi connectivity index (χ4n) is 4.54. The van der Waals surface area contributed by atoms with Gasteiger partial charge in [0.2, 0.25) is 0 Å². The fourth-order valence-corrected chi connectivity index (χ4v) is 4.54. The summed E-state index contributed by atoms with van der Waals surface area (Å²) in [6.45, 7) is 0.408. The second-order valence-electron chi connectivity index (χ2n) is 8.56. The average Bonchev–Trinajstić information content (AvgIpc) is 3.47. The molecule has 1 saturated heterocycles. The molecule has 1 aliphatic carbocycles. The third-order valence-corrected chi connectivity index (χ3v) is 6.30. The van der Waals surface area contributed by atoms with E-state index in [1.807, 2.05) is 10.9 Å². The molecular weight excluding hydrogens is 420 g/mol. The molecule has 0 radical (unpaired) electrons. The van der Waals surface area contributed by atoms with E-state index in [1.165, 1.54) is 25.7 Å². The van der Waals surface area contributed by atoms with Crippen LogP contribution in [0.25, 0.3) is 0 Å². The first-order valence-electron chi connectivity index (χ1n) is 11.2. The maximum Gasteiger partial charge on any atom is 0.319 e. The van der Waals surface area contributed by atoms with Gasteiger partial charge in [-0.05, 0) is 44.2 Å². The predicted octanol–water partition coefficient (Wildman–Crippen LogP) is 3.33. The van der Waals surface area contributed by atoms with Gasteiger partial charge in [-0.2, -0.15) is 0 Å². The van der Waals surface area contributed by atoms with Crippen molar-refractivity contribution in [2.45, 2.75) is 75.7 Å². The lowest BCUT2D eigenvalue weighted by atomic mass is 9.97. The van der Waals surface area contributed by atoms with E-state index in [-0.39, 0.29) is 18.4 Å². The van der Waals surface area contributed by atoms with Gasteiger partial charge in [0.15, 0.2) is 0 Å². The van der Waals surface area contributed by atoms with Crippen molar-refractivity contribution in [3.8, 4) is 0 Å². The molecule has 1 aromatic carbocycles. The summed E-state index contributed by atoms with van der Waals surface area (Å²) in [5.41, 5.74) is 0.813. The first-order valence-corrected chi connectivity index (χ1v) is 11.2. The van der Waals surface area contributed by atoms with Gasteiger partial charge >= 0.3 is 6.03 Å². The summed E-state index contributed by atoms with van der Waals surface area (Å²) in [6.07, 6.45) is 8.22. The molecule has 2 fully saturated rings. The molecule has 2 aliphatic rings. The van der Waals surface area contributed by atoms with Crippen molar-refractivity contribution in [2.75, 3.05) is 11.9 Å². The van der Waals surface area contributed by atoms with Gasteiger partial charge in [-0.25, -0.2) is 13.6 Å². The van der Waals surface area contributed by atoms with Crippen LogP contribution in [-0.4, -0.2) is 51.0 Å². The highest BCUT2D eigenvalue weighted by Gasteiger charge is 2.32. The standard InChI is InChI=1S/C22H29F2N5O3/c23-15-5-7-17(24)19(11-15)26-22(31)25-18-8-6-16(32-21(18)13-30)9-10-29-12-20(27-28-29)14-3-1-2-4-14/h5,7,11-12,14,16,18,21,30H,1-4,6,8-10,13H2,(H2,25,26,31)/t16-,18+,21-/m1/s1. The highest BCUT2D eigenvalue weighted by atomic mass is 19.1. The Balaban J connectivity index is 1.25. The van der Waals surface area contributed by atoms with E-state index in [4.69, 9.17) is 4.74 Å². The molecule has 2 heterocycles. The minimum Gasteiger partial charge on any atom is -0.394 e. The molecule has 3 N–H and O–H groups in total. The first kappa shape index (κ1) is 22.6. The normalized spacial score (nSPS) is 23.9. The van der Waals surface area contributed by atoms with E-state index in [0.717, 1.165) is 30.3 Å². The smallest absolute Gasteiger partial charge is 0.319 e. The van der Waals surface area contributed by atoms with Crippen LogP contribution in [0.15, 0.2) is 24.4 Å². The number of urea groups is 1. The molecule has 10 heteroatoms. The Morgan fingerprint density at radius 2 is 2.03 bits per heavy atom. The third-order valence-electron chi connectivity index (χ3n) is 6.30. The number of amides is 2. The highest BCUT2D eigenvalue weighted by Crippen LogP contribution is 2.32. The van der Waals surface area contributed by atoms with Crippen LogP contribution in [0.5, 0.6) is 0 Å². The molecule has 0 spiro atoms. The Bertz CT molecular complexity index is 919. The van der Waals surface area contributed by atoms with Crippen molar-refractivity contribution in [3.63, 3.8) is 0 Å². The van der Waals surface area contributed by atoms with Gasteiger partial charge in [0.25, 0.3) is 0 Å². The van der Waals surface area contributed by atoms with E-state index >= 15 is 0 Å². The number of hydrogen-bond donors (Lipinski definition) is 3. The Morgan fingerprint density at radius 3 is 2.81 bits per heavy atom. The number of aliphatic hydroxyl groups is 1. The lowest BCUT2D eigenvalue weighted by Crippen LogP contribution is -2.52. The molecule has 1 aliphatic heterocycles. The summed E-state index contributed by atoms with van der Waals surface area (Å²) < 4.78 is 34.8. The van der Waals surface area contributed by atoms with Gasteiger partial charge in [-0.3, -0.25) is 4.68 Å². The van der Waals surface area contributed by atoms with E-state index in [0.29, 0.717) is 25.3 Å². The number of aliphatic hydroxyl groups excluding tert-OH is 1. The number of benzene rings is 1. The van der Waals surface area contributed by atoms with Crippen LogP contribution in [0, 0.1) is 11.6 Å². The number of halogens is 2. The molecular formula is C22H29F2N5O3. The number of hydrogen-bond acceptors (Lipinski definition) is 5. The number of aromatic nitrogens is 3. The maximum atomic E-state index is 13.7. The van der Waals surface area contributed by atoms with E-state index < -0.39 is 29.8 Å². The maximum absolute atomic E-state index is 13.7. The molecule has 0 unspecified atom stereocenters.